The fraction of sp³-hybridized carbons (Fsp3) is 0.368. The van der Waals surface area contributed by atoms with Crippen molar-refractivity contribution in [3.63, 3.8) is 0 Å². The molecule has 2 aromatic rings. The van der Waals surface area contributed by atoms with E-state index in [1.54, 1.807) is 42.7 Å². The summed E-state index contributed by atoms with van der Waals surface area (Å²) in [5, 5.41) is 2.98. The summed E-state index contributed by atoms with van der Waals surface area (Å²) in [7, 11) is -3.63. The van der Waals surface area contributed by atoms with Crippen molar-refractivity contribution in [2.24, 2.45) is 10.3 Å². The number of hydrogen-bond acceptors (Lipinski definition) is 8. The van der Waals surface area contributed by atoms with Crippen LogP contribution in [0.4, 0.5) is 5.95 Å². The molecule has 1 N–H and O–H groups in total. The highest BCUT2D eigenvalue weighted by atomic mass is 32.2. The molecule has 0 bridgehead atoms. The molecule has 0 atom stereocenters. The van der Waals surface area contributed by atoms with Crippen LogP contribution in [-0.4, -0.2) is 61.3 Å². The zero-order valence-electron chi connectivity index (χ0n) is 15.7. The Kier molecular flexibility index (Phi) is 5.43. The minimum Gasteiger partial charge on any atom is -0.464 e. The molecule has 0 amide bonds. The Labute approximate surface area is 168 Å². The zero-order chi connectivity index (χ0) is 20.3. The van der Waals surface area contributed by atoms with E-state index in [-0.39, 0.29) is 23.4 Å². The molecule has 0 saturated carbocycles. The van der Waals surface area contributed by atoms with Crippen molar-refractivity contribution in [3.05, 3.63) is 48.3 Å². The molecule has 0 unspecified atom stereocenters. The van der Waals surface area contributed by atoms with Gasteiger partial charge in [-0.1, -0.05) is 12.1 Å². The summed E-state index contributed by atoms with van der Waals surface area (Å²) in [5.41, 5.74) is 0.628. The van der Waals surface area contributed by atoms with E-state index in [4.69, 9.17) is 4.74 Å². The van der Waals surface area contributed by atoms with E-state index in [9.17, 15) is 13.2 Å². The van der Waals surface area contributed by atoms with Crippen LogP contribution in [-0.2, 0) is 19.6 Å². The zero-order valence-corrected chi connectivity index (χ0v) is 16.5. The number of ether oxygens (including phenoxy) is 1. The minimum atomic E-state index is -3.63. The largest absolute Gasteiger partial charge is 0.464 e. The highest BCUT2D eigenvalue weighted by molar-refractivity contribution is 7.90. The third-order valence-electron chi connectivity index (χ3n) is 4.94. The number of carbonyl (C=O) groups is 1. The van der Waals surface area contributed by atoms with Gasteiger partial charge in [0, 0.05) is 31.0 Å². The van der Waals surface area contributed by atoms with E-state index in [0.717, 1.165) is 0 Å². The van der Waals surface area contributed by atoms with Gasteiger partial charge in [0.1, 0.15) is 11.5 Å². The molecular formula is C19H21N5O4S. The van der Waals surface area contributed by atoms with Crippen molar-refractivity contribution in [2.45, 2.75) is 17.7 Å². The van der Waals surface area contributed by atoms with Gasteiger partial charge in [-0.2, -0.15) is 8.42 Å². The molecule has 152 valence electrons. The number of amidine groups is 1. The van der Waals surface area contributed by atoms with E-state index < -0.39 is 10.0 Å². The van der Waals surface area contributed by atoms with E-state index in [1.807, 2.05) is 4.90 Å². The van der Waals surface area contributed by atoms with Crippen molar-refractivity contribution in [3.8, 4) is 0 Å². The first-order chi connectivity index (χ1) is 14.0. The van der Waals surface area contributed by atoms with Gasteiger partial charge in [0.2, 0.25) is 5.95 Å². The average Bonchev–Trinajstić information content (AvgIpc) is 3.03. The standard InChI is InChI=1S/C19H21N5O4S/c25-18(28-13-10-22-19-20-8-3-9-21-19)14-6-11-24(12-7-14)17-15-4-1-2-5-16(15)29(26,27)23-17/h1-5,8-9,14H,6-7,10-13H2,(H,20,21,22). The number of nitrogens with zero attached hydrogens (tertiary/aromatic N) is 4. The summed E-state index contributed by atoms with van der Waals surface area (Å²) in [4.78, 5) is 22.6. The molecule has 1 aromatic heterocycles. The first-order valence-corrected chi connectivity index (χ1v) is 10.9. The van der Waals surface area contributed by atoms with Gasteiger partial charge in [0.15, 0.2) is 5.84 Å². The van der Waals surface area contributed by atoms with E-state index >= 15 is 0 Å². The van der Waals surface area contributed by atoms with Crippen molar-refractivity contribution in [1.82, 2.24) is 14.9 Å². The number of anilines is 1. The lowest BCUT2D eigenvalue weighted by atomic mass is 9.96. The van der Waals surface area contributed by atoms with E-state index in [2.05, 4.69) is 19.7 Å². The van der Waals surface area contributed by atoms with Gasteiger partial charge in [0.25, 0.3) is 10.0 Å². The Balaban J connectivity index is 1.27. The fourth-order valence-electron chi connectivity index (χ4n) is 3.47. The number of likely N-dealkylation sites (tertiary alicyclic amines) is 1. The Morgan fingerprint density at radius 3 is 2.62 bits per heavy atom. The normalized spacial score (nSPS) is 18.1. The molecule has 9 nitrogen and oxygen atoms in total. The number of rotatable bonds is 5. The molecule has 1 aromatic carbocycles. The number of fused-ring (bicyclic) bond motifs is 1. The van der Waals surface area contributed by atoms with Crippen LogP contribution in [0.1, 0.15) is 18.4 Å². The Bertz CT molecular complexity index is 1020. The first-order valence-electron chi connectivity index (χ1n) is 9.41. The Hall–Kier alpha value is -3.01. The molecule has 29 heavy (non-hydrogen) atoms. The van der Waals surface area contributed by atoms with Crippen molar-refractivity contribution < 1.29 is 17.9 Å². The second kappa shape index (κ2) is 8.16. The molecular weight excluding hydrogens is 394 g/mol. The summed E-state index contributed by atoms with van der Waals surface area (Å²) in [6.45, 7) is 1.77. The van der Waals surface area contributed by atoms with Gasteiger partial charge >= 0.3 is 5.97 Å². The number of esters is 1. The van der Waals surface area contributed by atoms with Gasteiger partial charge in [-0.3, -0.25) is 4.79 Å². The topological polar surface area (TPSA) is 114 Å². The maximum atomic E-state index is 12.3. The molecule has 2 aliphatic rings. The molecule has 1 fully saturated rings. The summed E-state index contributed by atoms with van der Waals surface area (Å²) in [6.07, 6.45) is 4.45. The second-order valence-electron chi connectivity index (χ2n) is 6.81. The van der Waals surface area contributed by atoms with Crippen LogP contribution in [0, 0.1) is 5.92 Å². The van der Waals surface area contributed by atoms with E-state index in [1.165, 1.54) is 0 Å². The second-order valence-corrected chi connectivity index (χ2v) is 8.39. The molecule has 10 heteroatoms. The smallest absolute Gasteiger partial charge is 0.309 e. The lowest BCUT2D eigenvalue weighted by Gasteiger charge is -2.32. The van der Waals surface area contributed by atoms with Crippen LogP contribution >= 0.6 is 0 Å². The average molecular weight is 415 g/mol. The third-order valence-corrected chi connectivity index (χ3v) is 6.26. The highest BCUT2D eigenvalue weighted by Crippen LogP contribution is 2.29. The van der Waals surface area contributed by atoms with Crippen LogP contribution in [0.25, 0.3) is 0 Å². The highest BCUT2D eigenvalue weighted by Gasteiger charge is 2.34. The molecule has 2 aliphatic heterocycles. The van der Waals surface area contributed by atoms with Crippen molar-refractivity contribution >= 4 is 27.8 Å². The van der Waals surface area contributed by atoms with Crippen LogP contribution in [0.2, 0.25) is 0 Å². The predicted octanol–water partition coefficient (Wildman–Crippen LogP) is 1.29. The quantitative estimate of drug-likeness (QED) is 0.574. The number of sulfonamides is 1. The van der Waals surface area contributed by atoms with Gasteiger partial charge in [-0.05, 0) is 31.0 Å². The Morgan fingerprint density at radius 1 is 1.14 bits per heavy atom. The SMILES string of the molecule is O=C(OCCNc1ncccn1)C1CCN(C2=NS(=O)(=O)c3ccccc32)CC1. The number of hydrogen-bond donors (Lipinski definition) is 1. The van der Waals surface area contributed by atoms with Crippen LogP contribution < -0.4 is 5.32 Å². The fourth-order valence-corrected chi connectivity index (χ4v) is 4.69. The van der Waals surface area contributed by atoms with Gasteiger partial charge in [-0.15, -0.1) is 4.40 Å². The Morgan fingerprint density at radius 2 is 1.86 bits per heavy atom. The monoisotopic (exact) mass is 415 g/mol. The predicted molar refractivity (Wildman–Crippen MR) is 106 cm³/mol. The molecule has 3 heterocycles. The number of piperidine rings is 1. The molecule has 4 rings (SSSR count). The number of benzene rings is 1. The maximum absolute atomic E-state index is 12.3. The molecule has 1 saturated heterocycles. The number of nitrogens with one attached hydrogen (secondary N) is 1. The molecule has 0 aliphatic carbocycles. The molecule has 0 spiro atoms. The van der Waals surface area contributed by atoms with Gasteiger partial charge in [-0.25, -0.2) is 9.97 Å². The van der Waals surface area contributed by atoms with Gasteiger partial charge < -0.3 is 15.0 Å². The van der Waals surface area contributed by atoms with Crippen molar-refractivity contribution in [1.29, 1.82) is 0 Å². The lowest BCUT2D eigenvalue weighted by Crippen LogP contribution is -2.40. The van der Waals surface area contributed by atoms with E-state index in [0.29, 0.717) is 49.8 Å². The number of carbonyl (C=O) groups excluding carboxylic acids is 1. The number of aromatic nitrogens is 2. The van der Waals surface area contributed by atoms with Crippen LogP contribution in [0.15, 0.2) is 52.0 Å². The molecule has 0 radical (unpaired) electrons. The summed E-state index contributed by atoms with van der Waals surface area (Å²) in [5.74, 6) is 0.527. The first kappa shape index (κ1) is 19.3. The summed E-state index contributed by atoms with van der Waals surface area (Å²) >= 11 is 0. The lowest BCUT2D eigenvalue weighted by molar-refractivity contribution is -0.149. The van der Waals surface area contributed by atoms with Crippen molar-refractivity contribution in [2.75, 3.05) is 31.6 Å². The summed E-state index contributed by atoms with van der Waals surface area (Å²) in [6, 6.07) is 8.55. The summed E-state index contributed by atoms with van der Waals surface area (Å²) < 4.78 is 33.8. The third kappa shape index (κ3) is 4.21. The van der Waals surface area contributed by atoms with Crippen LogP contribution in [0.5, 0.6) is 0 Å². The minimum absolute atomic E-state index is 0.201. The maximum Gasteiger partial charge on any atom is 0.309 e. The van der Waals surface area contributed by atoms with Crippen LogP contribution in [0.3, 0.4) is 0 Å². The van der Waals surface area contributed by atoms with Gasteiger partial charge in [0.05, 0.1) is 12.5 Å².